The highest BCUT2D eigenvalue weighted by Crippen LogP contribution is 2.28. The molecule has 0 saturated carbocycles. The molecule has 3 unspecified atom stereocenters. The lowest BCUT2D eigenvalue weighted by Gasteiger charge is -2.31. The molecule has 1 aliphatic heterocycles. The number of likely N-dealkylation sites (tertiary alicyclic amines) is 1. The Hall–Kier alpha value is -0.860. The van der Waals surface area contributed by atoms with Crippen LogP contribution in [0.4, 0.5) is 0 Å². The van der Waals surface area contributed by atoms with Crippen LogP contribution in [0.5, 0.6) is 0 Å². The first-order valence-electron chi connectivity index (χ1n) is 7.56. The van der Waals surface area contributed by atoms with E-state index in [9.17, 15) is 5.11 Å². The summed E-state index contributed by atoms with van der Waals surface area (Å²) in [4.78, 5) is 2.57. The molecule has 1 heterocycles. The Morgan fingerprint density at radius 1 is 1.21 bits per heavy atom. The Kier molecular flexibility index (Phi) is 5.00. The Morgan fingerprint density at radius 3 is 2.53 bits per heavy atom. The highest BCUT2D eigenvalue weighted by molar-refractivity contribution is 5.17. The highest BCUT2D eigenvalue weighted by Gasteiger charge is 2.29. The third kappa shape index (κ3) is 3.58. The van der Waals surface area contributed by atoms with E-state index in [1.807, 2.05) is 30.3 Å². The van der Waals surface area contributed by atoms with Gasteiger partial charge < -0.3 is 5.11 Å². The van der Waals surface area contributed by atoms with Gasteiger partial charge in [-0.1, -0.05) is 51.1 Å². The van der Waals surface area contributed by atoms with Crippen molar-refractivity contribution in [1.29, 1.82) is 0 Å². The van der Waals surface area contributed by atoms with Crippen molar-refractivity contribution in [3.8, 4) is 0 Å². The van der Waals surface area contributed by atoms with Crippen LogP contribution in [0.1, 0.15) is 45.3 Å². The first-order valence-corrected chi connectivity index (χ1v) is 7.56. The second-order valence-electron chi connectivity index (χ2n) is 6.28. The smallest absolute Gasteiger partial charge is 0.0827 e. The Balaban J connectivity index is 1.95. The summed E-state index contributed by atoms with van der Waals surface area (Å²) in [5.74, 6) is 0.991. The molecule has 3 atom stereocenters. The van der Waals surface area contributed by atoms with Crippen molar-refractivity contribution in [1.82, 2.24) is 4.90 Å². The lowest BCUT2D eigenvalue weighted by molar-refractivity contribution is 0.0776. The maximum absolute atomic E-state index is 10.4. The third-order valence-electron chi connectivity index (χ3n) is 4.39. The number of aliphatic hydroxyl groups is 1. The minimum Gasteiger partial charge on any atom is -0.388 e. The van der Waals surface area contributed by atoms with E-state index >= 15 is 0 Å². The van der Waals surface area contributed by atoms with Gasteiger partial charge in [0.25, 0.3) is 0 Å². The molecule has 0 spiro atoms. The molecule has 19 heavy (non-hydrogen) atoms. The minimum absolute atomic E-state index is 0.279. The van der Waals surface area contributed by atoms with Crippen LogP contribution in [0, 0.1) is 11.8 Å². The van der Waals surface area contributed by atoms with Crippen molar-refractivity contribution in [3.05, 3.63) is 35.9 Å². The largest absolute Gasteiger partial charge is 0.388 e. The van der Waals surface area contributed by atoms with Crippen LogP contribution >= 0.6 is 0 Å². The predicted molar refractivity (Wildman–Crippen MR) is 80.0 cm³/mol. The van der Waals surface area contributed by atoms with Gasteiger partial charge in [-0.05, 0) is 36.8 Å². The molecule has 1 saturated heterocycles. The van der Waals surface area contributed by atoms with E-state index in [0.29, 0.717) is 12.0 Å². The van der Waals surface area contributed by atoms with Crippen molar-refractivity contribution in [3.63, 3.8) is 0 Å². The Labute approximate surface area is 117 Å². The van der Waals surface area contributed by atoms with Crippen LogP contribution in [0.3, 0.4) is 0 Å². The Bertz CT molecular complexity index is 376. The van der Waals surface area contributed by atoms with Gasteiger partial charge in [0.2, 0.25) is 0 Å². The molecule has 1 aliphatic rings. The van der Waals surface area contributed by atoms with Crippen LogP contribution in [-0.2, 0) is 0 Å². The predicted octanol–water partition coefficient (Wildman–Crippen LogP) is 3.48. The summed E-state index contributed by atoms with van der Waals surface area (Å²) in [6.45, 7) is 8.96. The molecule has 2 rings (SSSR count). The zero-order valence-corrected chi connectivity index (χ0v) is 12.4. The van der Waals surface area contributed by atoms with Gasteiger partial charge in [0, 0.05) is 12.6 Å². The fourth-order valence-electron chi connectivity index (χ4n) is 3.28. The van der Waals surface area contributed by atoms with Gasteiger partial charge in [0.05, 0.1) is 6.10 Å². The van der Waals surface area contributed by atoms with E-state index in [0.717, 1.165) is 12.1 Å². The number of nitrogens with zero attached hydrogens (tertiary/aromatic N) is 1. The van der Waals surface area contributed by atoms with Crippen molar-refractivity contribution in [2.45, 2.75) is 45.8 Å². The van der Waals surface area contributed by atoms with Crippen LogP contribution in [0.25, 0.3) is 0 Å². The molecule has 2 heteroatoms. The summed E-state index contributed by atoms with van der Waals surface area (Å²) in [5, 5.41) is 10.4. The van der Waals surface area contributed by atoms with E-state index in [4.69, 9.17) is 0 Å². The Morgan fingerprint density at radius 2 is 1.89 bits per heavy atom. The van der Waals surface area contributed by atoms with Crippen LogP contribution in [0.2, 0.25) is 0 Å². The second kappa shape index (κ2) is 6.53. The zero-order chi connectivity index (χ0) is 13.8. The third-order valence-corrected chi connectivity index (χ3v) is 4.39. The summed E-state index contributed by atoms with van der Waals surface area (Å²) in [6.07, 6.45) is 2.26. The second-order valence-corrected chi connectivity index (χ2v) is 6.28. The van der Waals surface area contributed by atoms with Gasteiger partial charge >= 0.3 is 0 Å². The molecule has 0 radical (unpaired) electrons. The maximum Gasteiger partial charge on any atom is 0.0827 e. The van der Waals surface area contributed by atoms with Crippen molar-refractivity contribution < 1.29 is 5.11 Å². The van der Waals surface area contributed by atoms with Crippen LogP contribution in [-0.4, -0.2) is 29.1 Å². The lowest BCUT2D eigenvalue weighted by Crippen LogP contribution is -2.37. The molecule has 1 fully saturated rings. The average molecular weight is 261 g/mol. The van der Waals surface area contributed by atoms with Crippen LogP contribution in [0.15, 0.2) is 30.3 Å². The van der Waals surface area contributed by atoms with Gasteiger partial charge in [-0.3, -0.25) is 4.90 Å². The summed E-state index contributed by atoms with van der Waals surface area (Å²) in [6, 6.07) is 10.7. The number of hydrogen-bond donors (Lipinski definition) is 1. The molecule has 0 amide bonds. The van der Waals surface area contributed by atoms with E-state index in [1.54, 1.807) is 0 Å². The van der Waals surface area contributed by atoms with Crippen molar-refractivity contribution in [2.24, 2.45) is 11.8 Å². The molecule has 2 nitrogen and oxygen atoms in total. The fraction of sp³-hybridized carbons (Fsp3) is 0.647. The van der Waals surface area contributed by atoms with Gasteiger partial charge in [-0.25, -0.2) is 0 Å². The topological polar surface area (TPSA) is 23.5 Å². The van der Waals surface area contributed by atoms with Gasteiger partial charge in [-0.15, -0.1) is 0 Å². The van der Waals surface area contributed by atoms with E-state index in [-0.39, 0.29) is 12.0 Å². The van der Waals surface area contributed by atoms with Gasteiger partial charge in [0.15, 0.2) is 0 Å². The quantitative estimate of drug-likeness (QED) is 0.877. The first-order chi connectivity index (χ1) is 9.09. The molecule has 0 bridgehead atoms. The number of benzene rings is 1. The fourth-order valence-corrected chi connectivity index (χ4v) is 3.28. The standard InChI is InChI=1S/C17H27NO/c1-13(2)16-10-7-11-18(16)12-14(3)17(19)15-8-5-4-6-9-15/h4-6,8-9,13-14,16-17,19H,7,10-12H2,1-3H3. The van der Waals surface area contributed by atoms with Gasteiger partial charge in [0.1, 0.15) is 0 Å². The maximum atomic E-state index is 10.4. The molecule has 1 aromatic carbocycles. The summed E-state index contributed by atoms with van der Waals surface area (Å²) in [5.41, 5.74) is 1.04. The summed E-state index contributed by atoms with van der Waals surface area (Å²) >= 11 is 0. The lowest BCUT2D eigenvalue weighted by atomic mass is 9.95. The average Bonchev–Trinajstić information content (AvgIpc) is 2.87. The minimum atomic E-state index is -0.352. The van der Waals surface area contributed by atoms with E-state index < -0.39 is 0 Å². The molecular formula is C17H27NO. The number of hydrogen-bond acceptors (Lipinski definition) is 2. The molecule has 0 aromatic heterocycles. The molecule has 106 valence electrons. The normalized spacial score (nSPS) is 23.7. The van der Waals surface area contributed by atoms with Gasteiger partial charge in [-0.2, -0.15) is 0 Å². The van der Waals surface area contributed by atoms with Crippen LogP contribution < -0.4 is 0 Å². The number of rotatable bonds is 5. The number of aliphatic hydroxyl groups excluding tert-OH is 1. The summed E-state index contributed by atoms with van der Waals surface area (Å²) < 4.78 is 0. The highest BCUT2D eigenvalue weighted by atomic mass is 16.3. The van der Waals surface area contributed by atoms with E-state index in [2.05, 4.69) is 25.7 Å². The molecular weight excluding hydrogens is 234 g/mol. The van der Waals surface area contributed by atoms with E-state index in [1.165, 1.54) is 19.4 Å². The van der Waals surface area contributed by atoms with Crippen molar-refractivity contribution in [2.75, 3.05) is 13.1 Å². The molecule has 1 aromatic rings. The molecule has 1 N–H and O–H groups in total. The first kappa shape index (κ1) is 14.5. The SMILES string of the molecule is CC(C)C1CCCN1CC(C)C(O)c1ccccc1. The van der Waals surface area contributed by atoms with Crippen molar-refractivity contribution >= 4 is 0 Å². The monoisotopic (exact) mass is 261 g/mol. The summed E-state index contributed by atoms with van der Waals surface area (Å²) in [7, 11) is 0. The zero-order valence-electron chi connectivity index (χ0n) is 12.4. The molecule has 0 aliphatic carbocycles.